The predicted octanol–water partition coefficient (Wildman–Crippen LogP) is 6.27. The molecule has 9 nitrogen and oxygen atoms in total. The number of methoxy groups -OCH3 is 1. The highest BCUT2D eigenvalue weighted by Gasteiger charge is 2.23. The fraction of sp³-hybridized carbons (Fsp3) is 0.136. The van der Waals surface area contributed by atoms with E-state index < -0.39 is 21.2 Å². The maximum Gasteiger partial charge on any atom is 0.318 e. The molecule has 0 heterocycles. The molecule has 0 atom stereocenters. The van der Waals surface area contributed by atoms with Gasteiger partial charge in [-0.05, 0) is 47.9 Å². The number of non-ortho nitro benzene ring substituents is 1. The van der Waals surface area contributed by atoms with Gasteiger partial charge < -0.3 is 9.47 Å². The van der Waals surface area contributed by atoms with E-state index in [-0.39, 0.29) is 22.3 Å². The monoisotopic (exact) mass is 455 g/mol. The topological polar surface area (TPSA) is 117 Å². The average Bonchev–Trinajstić information content (AvgIpc) is 2.79. The summed E-state index contributed by atoms with van der Waals surface area (Å²) in [6, 6.07) is 14.0. The van der Waals surface area contributed by atoms with Gasteiger partial charge in [0.05, 0.1) is 33.7 Å². The zero-order chi connectivity index (χ0) is 23.3. The van der Waals surface area contributed by atoms with Crippen LogP contribution in [0.1, 0.15) is 18.1 Å². The highest BCUT2D eigenvalue weighted by atomic mass is 35.5. The summed E-state index contributed by atoms with van der Waals surface area (Å²) in [7, 11) is 1.40. The first kappa shape index (κ1) is 22.7. The van der Waals surface area contributed by atoms with Crippen LogP contribution in [0, 0.1) is 20.2 Å². The van der Waals surface area contributed by atoms with E-state index in [9.17, 15) is 20.2 Å². The van der Waals surface area contributed by atoms with Gasteiger partial charge >= 0.3 is 5.69 Å². The second-order valence-electron chi connectivity index (χ2n) is 6.58. The molecule has 0 amide bonds. The van der Waals surface area contributed by atoms with Crippen molar-refractivity contribution in [2.24, 2.45) is 4.99 Å². The molecule has 3 aromatic rings. The molecule has 32 heavy (non-hydrogen) atoms. The third-order valence-corrected chi connectivity index (χ3v) is 4.80. The first-order chi connectivity index (χ1) is 15.3. The second kappa shape index (κ2) is 9.88. The van der Waals surface area contributed by atoms with Crippen molar-refractivity contribution in [3.05, 3.63) is 91.0 Å². The molecule has 0 aliphatic rings. The summed E-state index contributed by atoms with van der Waals surface area (Å²) < 4.78 is 11.0. The molecule has 3 rings (SSSR count). The second-order valence-corrected chi connectivity index (χ2v) is 6.99. The number of hydrogen-bond acceptors (Lipinski definition) is 7. The maximum absolute atomic E-state index is 11.4. The Hall–Kier alpha value is -3.98. The van der Waals surface area contributed by atoms with Crippen molar-refractivity contribution in [1.29, 1.82) is 0 Å². The molecular weight excluding hydrogens is 438 g/mol. The van der Waals surface area contributed by atoms with Crippen LogP contribution in [0.5, 0.6) is 17.2 Å². The van der Waals surface area contributed by atoms with E-state index >= 15 is 0 Å². The van der Waals surface area contributed by atoms with Crippen molar-refractivity contribution in [1.82, 2.24) is 0 Å². The lowest BCUT2D eigenvalue weighted by molar-refractivity contribution is -0.394. The number of halogens is 1. The van der Waals surface area contributed by atoms with Crippen LogP contribution in [0.3, 0.4) is 0 Å². The standard InChI is InChI=1S/C22H18ClN3O6/c1-3-14-4-6-16(7-5-14)24-13-15-10-18(23)22(21(11-15)31-2)32-20-9-8-17(25(27)28)12-19(20)26(29)30/h4-13H,3H2,1-2H3. The fourth-order valence-electron chi connectivity index (χ4n) is 2.84. The van der Waals surface area contributed by atoms with Crippen LogP contribution in [0.4, 0.5) is 17.1 Å². The largest absolute Gasteiger partial charge is 0.493 e. The molecule has 0 bridgehead atoms. The Bertz CT molecular complexity index is 1200. The van der Waals surface area contributed by atoms with E-state index in [1.54, 1.807) is 18.3 Å². The highest BCUT2D eigenvalue weighted by Crippen LogP contribution is 2.42. The molecule has 0 aromatic heterocycles. The maximum atomic E-state index is 11.4. The van der Waals surface area contributed by atoms with Crippen LogP contribution in [0.25, 0.3) is 0 Å². The van der Waals surface area contributed by atoms with Gasteiger partial charge in [-0.1, -0.05) is 30.7 Å². The van der Waals surface area contributed by atoms with Gasteiger partial charge in [0.25, 0.3) is 5.69 Å². The molecule has 0 N–H and O–H groups in total. The van der Waals surface area contributed by atoms with Crippen LogP contribution in [0.15, 0.2) is 59.6 Å². The Labute approximate surface area is 188 Å². The molecule has 0 unspecified atom stereocenters. The van der Waals surface area contributed by atoms with E-state index in [4.69, 9.17) is 21.1 Å². The molecule has 0 fully saturated rings. The van der Waals surface area contributed by atoms with Crippen molar-refractivity contribution in [3.8, 4) is 17.2 Å². The zero-order valence-electron chi connectivity index (χ0n) is 17.1. The van der Waals surface area contributed by atoms with Crippen molar-refractivity contribution >= 4 is 34.9 Å². The van der Waals surface area contributed by atoms with Crippen molar-refractivity contribution in [3.63, 3.8) is 0 Å². The Morgan fingerprint density at radius 2 is 1.72 bits per heavy atom. The third-order valence-electron chi connectivity index (χ3n) is 4.52. The summed E-state index contributed by atoms with van der Waals surface area (Å²) in [6.07, 6.45) is 2.54. The molecule has 0 saturated carbocycles. The van der Waals surface area contributed by atoms with Gasteiger partial charge in [-0.3, -0.25) is 25.2 Å². The first-order valence-corrected chi connectivity index (χ1v) is 9.81. The predicted molar refractivity (Wildman–Crippen MR) is 121 cm³/mol. The molecule has 0 saturated heterocycles. The third kappa shape index (κ3) is 5.19. The Morgan fingerprint density at radius 3 is 2.31 bits per heavy atom. The number of benzene rings is 3. The molecule has 0 spiro atoms. The van der Waals surface area contributed by atoms with E-state index in [1.165, 1.54) is 12.7 Å². The van der Waals surface area contributed by atoms with Crippen molar-refractivity contribution in [2.45, 2.75) is 13.3 Å². The number of nitrogens with zero attached hydrogens (tertiary/aromatic N) is 3. The number of hydrogen-bond donors (Lipinski definition) is 0. The van der Waals surface area contributed by atoms with Gasteiger partial charge in [-0.15, -0.1) is 0 Å². The molecule has 0 radical (unpaired) electrons. The minimum atomic E-state index is -0.770. The lowest BCUT2D eigenvalue weighted by Gasteiger charge is -2.13. The molecule has 0 aliphatic carbocycles. The van der Waals surface area contributed by atoms with E-state index in [0.29, 0.717) is 5.56 Å². The number of ether oxygens (including phenoxy) is 2. The van der Waals surface area contributed by atoms with E-state index in [0.717, 1.165) is 30.3 Å². The van der Waals surface area contributed by atoms with Crippen molar-refractivity contribution in [2.75, 3.05) is 7.11 Å². The molecule has 0 aliphatic heterocycles. The number of nitro benzene ring substituents is 2. The summed E-state index contributed by atoms with van der Waals surface area (Å²) in [4.78, 5) is 25.2. The summed E-state index contributed by atoms with van der Waals surface area (Å²) in [5.74, 6) is 0.0433. The van der Waals surface area contributed by atoms with Crippen LogP contribution in [0.2, 0.25) is 5.02 Å². The lowest BCUT2D eigenvalue weighted by atomic mass is 10.1. The summed E-state index contributed by atoms with van der Waals surface area (Å²) in [5.41, 5.74) is 1.59. The average molecular weight is 456 g/mol. The van der Waals surface area contributed by atoms with Crippen LogP contribution >= 0.6 is 11.6 Å². The SMILES string of the molecule is CCc1ccc(N=Cc2cc(Cl)c(Oc3ccc([N+](=O)[O-])cc3[N+](=O)[O-])c(OC)c2)cc1. The van der Waals surface area contributed by atoms with E-state index in [1.807, 2.05) is 24.3 Å². The van der Waals surface area contributed by atoms with Gasteiger partial charge in [0.1, 0.15) is 0 Å². The van der Waals surface area contributed by atoms with Crippen LogP contribution in [-0.2, 0) is 6.42 Å². The van der Waals surface area contributed by atoms with Gasteiger partial charge in [0.2, 0.25) is 5.75 Å². The van der Waals surface area contributed by atoms with Crippen LogP contribution in [-0.4, -0.2) is 23.2 Å². The number of nitro groups is 2. The number of aryl methyl sites for hydroxylation is 1. The quantitative estimate of drug-likeness (QED) is 0.224. The Balaban J connectivity index is 1.92. The molecular formula is C22H18ClN3O6. The Morgan fingerprint density at radius 1 is 1.00 bits per heavy atom. The van der Waals surface area contributed by atoms with Gasteiger partial charge in [-0.25, -0.2) is 0 Å². The van der Waals surface area contributed by atoms with Gasteiger partial charge in [-0.2, -0.15) is 0 Å². The zero-order valence-corrected chi connectivity index (χ0v) is 17.9. The number of aliphatic imine (C=N–C) groups is 1. The normalized spacial score (nSPS) is 10.8. The summed E-state index contributed by atoms with van der Waals surface area (Å²) in [6.45, 7) is 2.07. The fourth-order valence-corrected chi connectivity index (χ4v) is 3.10. The smallest absolute Gasteiger partial charge is 0.318 e. The van der Waals surface area contributed by atoms with Crippen molar-refractivity contribution < 1.29 is 19.3 Å². The Kier molecular flexibility index (Phi) is 7.01. The van der Waals surface area contributed by atoms with Gasteiger partial charge in [0, 0.05) is 12.3 Å². The molecule has 164 valence electrons. The van der Waals surface area contributed by atoms with E-state index in [2.05, 4.69) is 11.9 Å². The minimum Gasteiger partial charge on any atom is -0.493 e. The molecule has 10 heteroatoms. The summed E-state index contributed by atoms with van der Waals surface area (Å²) in [5, 5.41) is 22.4. The summed E-state index contributed by atoms with van der Waals surface area (Å²) >= 11 is 6.35. The first-order valence-electron chi connectivity index (χ1n) is 9.43. The lowest BCUT2D eigenvalue weighted by Crippen LogP contribution is -1.98. The van der Waals surface area contributed by atoms with Crippen LogP contribution < -0.4 is 9.47 Å². The minimum absolute atomic E-state index is 0.0376. The molecule has 3 aromatic carbocycles. The number of rotatable bonds is 8. The highest BCUT2D eigenvalue weighted by molar-refractivity contribution is 6.32. The van der Waals surface area contributed by atoms with Gasteiger partial charge in [0.15, 0.2) is 11.5 Å².